The minimum absolute atomic E-state index is 0.218. The van der Waals surface area contributed by atoms with Crippen LogP contribution < -0.4 is 0 Å². The van der Waals surface area contributed by atoms with Gasteiger partial charge in [-0.15, -0.1) is 0 Å². The van der Waals surface area contributed by atoms with Gasteiger partial charge in [0, 0.05) is 11.1 Å². The Balaban J connectivity index is 2.25. The fourth-order valence-corrected chi connectivity index (χ4v) is 1.72. The van der Waals surface area contributed by atoms with E-state index >= 15 is 0 Å². The Hall–Kier alpha value is -1.78. The molecule has 5 heteroatoms. The normalized spacial score (nSPS) is 12.2. The minimum atomic E-state index is -3.69. The van der Waals surface area contributed by atoms with Gasteiger partial charge >= 0.3 is 7.28 Å². The average molecular weight is 265 g/mol. The van der Waals surface area contributed by atoms with Gasteiger partial charge in [0.25, 0.3) is 0 Å². The fourth-order valence-electron chi connectivity index (χ4n) is 1.72. The first kappa shape index (κ1) is 13.7. The van der Waals surface area contributed by atoms with Gasteiger partial charge < -0.3 is 0 Å². The Labute approximate surface area is 109 Å². The lowest BCUT2D eigenvalue weighted by molar-refractivity contribution is 0.0363. The van der Waals surface area contributed by atoms with Gasteiger partial charge in [0.05, 0.1) is 0 Å². The van der Waals surface area contributed by atoms with E-state index in [4.69, 9.17) is 0 Å². The van der Waals surface area contributed by atoms with Crippen LogP contribution in [-0.4, -0.2) is 7.28 Å². The second-order valence-corrected chi connectivity index (χ2v) is 4.12. The summed E-state index contributed by atoms with van der Waals surface area (Å²) in [5.41, 5.74) is -0.906. The topological polar surface area (TPSA) is 0 Å². The van der Waals surface area contributed by atoms with E-state index in [1.807, 2.05) is 0 Å². The molecular formula is C14H10BF4. The molecule has 0 heterocycles. The van der Waals surface area contributed by atoms with E-state index in [-0.39, 0.29) is 7.28 Å². The summed E-state index contributed by atoms with van der Waals surface area (Å²) in [7, 11) is -0.218. The number of rotatable bonds is 4. The molecule has 0 N–H and O–H groups in total. The molecule has 0 aliphatic carbocycles. The van der Waals surface area contributed by atoms with Crippen molar-refractivity contribution in [2.75, 3.05) is 0 Å². The highest BCUT2D eigenvalue weighted by molar-refractivity contribution is 6.41. The Morgan fingerprint density at radius 2 is 0.895 bits per heavy atom. The van der Waals surface area contributed by atoms with Crippen LogP contribution in [0.5, 0.6) is 0 Å². The van der Waals surface area contributed by atoms with Gasteiger partial charge in [-0.2, -0.15) is 0 Å². The van der Waals surface area contributed by atoms with Gasteiger partial charge in [-0.1, -0.05) is 60.7 Å². The van der Waals surface area contributed by atoms with Crippen molar-refractivity contribution in [1.82, 2.24) is 0 Å². The molecule has 2 aromatic rings. The van der Waals surface area contributed by atoms with Crippen molar-refractivity contribution >= 4 is 7.28 Å². The molecule has 0 aliphatic heterocycles. The van der Waals surface area contributed by atoms with E-state index in [0.29, 0.717) is 0 Å². The van der Waals surface area contributed by atoms with Crippen molar-refractivity contribution in [3.8, 4) is 0 Å². The first-order chi connectivity index (χ1) is 8.92. The highest BCUT2D eigenvalue weighted by Gasteiger charge is 2.47. The van der Waals surface area contributed by atoms with Crippen LogP contribution in [0, 0.1) is 0 Å². The molecule has 2 aromatic carbocycles. The predicted molar refractivity (Wildman–Crippen MR) is 66.4 cm³/mol. The number of hydrogen-bond donors (Lipinski definition) is 0. The van der Waals surface area contributed by atoms with Crippen molar-refractivity contribution in [2.45, 2.75) is 11.6 Å². The summed E-state index contributed by atoms with van der Waals surface area (Å²) >= 11 is 0. The third kappa shape index (κ3) is 3.16. The van der Waals surface area contributed by atoms with Crippen LogP contribution in [0.4, 0.5) is 17.6 Å². The summed E-state index contributed by atoms with van der Waals surface area (Å²) in [5.74, 6) is -7.39. The van der Waals surface area contributed by atoms with Crippen LogP contribution in [0.15, 0.2) is 60.7 Å². The van der Waals surface area contributed by atoms with Crippen LogP contribution in [-0.2, 0) is 11.6 Å². The molecule has 0 fully saturated rings. The van der Waals surface area contributed by atoms with E-state index in [1.165, 1.54) is 24.3 Å². The molecule has 1 radical (unpaired) electrons. The zero-order valence-electron chi connectivity index (χ0n) is 9.86. The first-order valence-electron chi connectivity index (χ1n) is 5.65. The van der Waals surface area contributed by atoms with Crippen molar-refractivity contribution in [3.63, 3.8) is 0 Å². The average Bonchev–Trinajstić information content (AvgIpc) is 2.40. The summed E-state index contributed by atoms with van der Waals surface area (Å²) in [4.78, 5) is 0. The van der Waals surface area contributed by atoms with Crippen LogP contribution in [0.25, 0.3) is 0 Å². The SMILES string of the molecule is FC(F)([B]C(F)(F)c1ccccc1)c1ccccc1. The maximum absolute atomic E-state index is 13.8. The van der Waals surface area contributed by atoms with Gasteiger partial charge in [0.1, 0.15) is 0 Å². The molecule has 0 unspecified atom stereocenters. The van der Waals surface area contributed by atoms with Crippen molar-refractivity contribution < 1.29 is 17.6 Å². The highest BCUT2D eigenvalue weighted by atomic mass is 19.3. The van der Waals surface area contributed by atoms with Gasteiger partial charge in [-0.3, -0.25) is 0 Å². The molecule has 2 rings (SSSR count). The molecule has 0 saturated carbocycles. The number of halogens is 4. The highest BCUT2D eigenvalue weighted by Crippen LogP contribution is 2.36. The molecule has 19 heavy (non-hydrogen) atoms. The fraction of sp³-hybridized carbons (Fsp3) is 0.143. The monoisotopic (exact) mass is 265 g/mol. The lowest BCUT2D eigenvalue weighted by Crippen LogP contribution is -2.36. The van der Waals surface area contributed by atoms with E-state index < -0.39 is 22.8 Å². The smallest absolute Gasteiger partial charge is 0.213 e. The van der Waals surface area contributed by atoms with Gasteiger partial charge in [0.15, 0.2) is 0 Å². The second-order valence-electron chi connectivity index (χ2n) is 4.12. The lowest BCUT2D eigenvalue weighted by atomic mass is 9.59. The minimum Gasteiger partial charge on any atom is -0.213 e. The van der Waals surface area contributed by atoms with Crippen LogP contribution in [0.1, 0.15) is 11.1 Å². The summed E-state index contributed by atoms with van der Waals surface area (Å²) in [5, 5.41) is 0. The second kappa shape index (κ2) is 5.07. The van der Waals surface area contributed by atoms with Crippen LogP contribution in [0.2, 0.25) is 0 Å². The van der Waals surface area contributed by atoms with Crippen molar-refractivity contribution in [2.24, 2.45) is 0 Å². The third-order valence-electron chi connectivity index (χ3n) is 2.68. The molecular weight excluding hydrogens is 255 g/mol. The lowest BCUT2D eigenvalue weighted by Gasteiger charge is -2.22. The molecule has 0 bridgehead atoms. The molecule has 0 atom stereocenters. The molecule has 0 saturated heterocycles. The quantitative estimate of drug-likeness (QED) is 0.574. The summed E-state index contributed by atoms with van der Waals surface area (Å²) in [6, 6.07) is 13.1. The molecule has 97 valence electrons. The first-order valence-corrected chi connectivity index (χ1v) is 5.65. The van der Waals surface area contributed by atoms with E-state index in [1.54, 1.807) is 12.1 Å². The Morgan fingerprint density at radius 3 is 1.21 bits per heavy atom. The summed E-state index contributed by atoms with van der Waals surface area (Å²) in [6.07, 6.45) is 0. The predicted octanol–water partition coefficient (Wildman–Crippen LogP) is 4.19. The molecule has 0 aliphatic rings. The van der Waals surface area contributed by atoms with Crippen LogP contribution >= 0.6 is 0 Å². The Morgan fingerprint density at radius 1 is 0.579 bits per heavy atom. The maximum Gasteiger partial charge on any atom is 0.312 e. The standard InChI is InChI=1S/C14H10BF4/c16-13(17,11-7-3-1-4-8-11)15-14(18,19)12-9-5-2-6-10-12/h1-10H. The Kier molecular flexibility index (Phi) is 3.65. The zero-order chi connectivity index (χ0) is 13.9. The van der Waals surface area contributed by atoms with Crippen molar-refractivity contribution in [1.29, 1.82) is 0 Å². The van der Waals surface area contributed by atoms with Crippen LogP contribution in [0.3, 0.4) is 0 Å². The van der Waals surface area contributed by atoms with Gasteiger partial charge in [0.2, 0.25) is 11.6 Å². The molecule has 0 aromatic heterocycles. The Bertz CT molecular complexity index is 476. The molecule has 0 amide bonds. The van der Waals surface area contributed by atoms with E-state index in [9.17, 15) is 17.6 Å². The number of benzene rings is 2. The summed E-state index contributed by atoms with van der Waals surface area (Å²) < 4.78 is 55.2. The maximum atomic E-state index is 13.8. The number of hydrogen-bond acceptors (Lipinski definition) is 0. The van der Waals surface area contributed by atoms with Gasteiger partial charge in [-0.05, 0) is 0 Å². The largest absolute Gasteiger partial charge is 0.312 e. The third-order valence-corrected chi connectivity index (χ3v) is 2.68. The van der Waals surface area contributed by atoms with Gasteiger partial charge in [-0.25, -0.2) is 17.6 Å². The zero-order valence-corrected chi connectivity index (χ0v) is 9.86. The molecule has 0 spiro atoms. The van der Waals surface area contributed by atoms with Crippen molar-refractivity contribution in [3.05, 3.63) is 71.8 Å². The molecule has 0 nitrogen and oxygen atoms in total. The summed E-state index contributed by atoms with van der Waals surface area (Å²) in [6.45, 7) is 0. The van der Waals surface area contributed by atoms with E-state index in [0.717, 1.165) is 24.3 Å². The van der Waals surface area contributed by atoms with E-state index in [2.05, 4.69) is 0 Å². The number of alkyl halides is 4.